The lowest BCUT2D eigenvalue weighted by atomic mass is 9.93. The largest absolute Gasteiger partial charge is 0.373 e. The van der Waals surface area contributed by atoms with Crippen molar-refractivity contribution in [2.75, 3.05) is 12.4 Å². The molecule has 0 spiro atoms. The number of aromatic nitrogens is 1. The lowest BCUT2D eigenvalue weighted by Gasteiger charge is -2.26. The average Bonchev–Trinajstić information content (AvgIpc) is 2.24. The Kier molecular flexibility index (Phi) is 3.29. The quantitative estimate of drug-likeness (QED) is 0.849. The number of carbonyl (C=O) groups is 1. The van der Waals surface area contributed by atoms with E-state index in [0.29, 0.717) is 22.4 Å². The molecule has 1 fully saturated rings. The second-order valence-corrected chi connectivity index (χ2v) is 4.31. The predicted molar refractivity (Wildman–Crippen MR) is 63.9 cm³/mol. The summed E-state index contributed by atoms with van der Waals surface area (Å²) in [4.78, 5) is 15.9. The summed E-state index contributed by atoms with van der Waals surface area (Å²) in [7, 11) is 1.75. The first-order chi connectivity index (χ1) is 7.70. The van der Waals surface area contributed by atoms with E-state index in [0.717, 1.165) is 12.8 Å². The standard InChI is InChI=1S/C11H14ClN3O/c1-13-10-5-8(9(12)6-14-10)11(16)15-7-3-2-4-7/h5-7H,2-4H2,1H3,(H,13,14)(H,15,16). The molecule has 0 atom stereocenters. The van der Waals surface area contributed by atoms with E-state index in [-0.39, 0.29) is 5.91 Å². The van der Waals surface area contributed by atoms with Gasteiger partial charge in [0.25, 0.3) is 5.91 Å². The fourth-order valence-electron chi connectivity index (χ4n) is 1.57. The number of hydrogen-bond acceptors (Lipinski definition) is 3. The molecule has 0 unspecified atom stereocenters. The van der Waals surface area contributed by atoms with Gasteiger partial charge in [0.1, 0.15) is 5.82 Å². The van der Waals surface area contributed by atoms with Crippen LogP contribution in [0.15, 0.2) is 12.3 Å². The van der Waals surface area contributed by atoms with E-state index in [4.69, 9.17) is 11.6 Å². The zero-order chi connectivity index (χ0) is 11.5. The van der Waals surface area contributed by atoms with Crippen LogP contribution in [-0.4, -0.2) is 24.0 Å². The van der Waals surface area contributed by atoms with Crippen LogP contribution in [-0.2, 0) is 0 Å². The maximum atomic E-state index is 11.9. The van der Waals surface area contributed by atoms with Crippen LogP contribution >= 0.6 is 11.6 Å². The molecule has 0 radical (unpaired) electrons. The van der Waals surface area contributed by atoms with Crippen LogP contribution in [0, 0.1) is 0 Å². The number of halogens is 1. The normalized spacial score (nSPS) is 15.4. The summed E-state index contributed by atoms with van der Waals surface area (Å²) in [5.74, 6) is 0.525. The Hall–Kier alpha value is -1.29. The van der Waals surface area contributed by atoms with Crippen LogP contribution < -0.4 is 10.6 Å². The first-order valence-electron chi connectivity index (χ1n) is 5.35. The number of nitrogens with one attached hydrogen (secondary N) is 2. The molecule has 16 heavy (non-hydrogen) atoms. The summed E-state index contributed by atoms with van der Waals surface area (Å²) < 4.78 is 0. The maximum Gasteiger partial charge on any atom is 0.253 e. The Morgan fingerprint density at radius 2 is 2.31 bits per heavy atom. The lowest BCUT2D eigenvalue weighted by Crippen LogP contribution is -2.39. The molecule has 86 valence electrons. The predicted octanol–water partition coefficient (Wildman–Crippen LogP) is 2.06. The molecule has 0 aliphatic heterocycles. The van der Waals surface area contributed by atoms with Crippen molar-refractivity contribution in [3.8, 4) is 0 Å². The van der Waals surface area contributed by atoms with Crippen LogP contribution in [0.2, 0.25) is 5.02 Å². The van der Waals surface area contributed by atoms with E-state index in [1.54, 1.807) is 13.1 Å². The lowest BCUT2D eigenvalue weighted by molar-refractivity contribution is 0.0917. The third kappa shape index (κ3) is 2.27. The molecule has 5 heteroatoms. The first kappa shape index (κ1) is 11.2. The van der Waals surface area contributed by atoms with Crippen LogP contribution in [0.25, 0.3) is 0 Å². The number of amides is 1. The molecule has 4 nitrogen and oxygen atoms in total. The number of pyridine rings is 1. The second kappa shape index (κ2) is 4.70. The van der Waals surface area contributed by atoms with Crippen molar-refractivity contribution >= 4 is 23.3 Å². The minimum atomic E-state index is -0.117. The van der Waals surface area contributed by atoms with Crippen molar-refractivity contribution in [3.63, 3.8) is 0 Å². The van der Waals surface area contributed by atoms with Gasteiger partial charge in [0.15, 0.2) is 0 Å². The molecule has 2 rings (SSSR count). The molecular weight excluding hydrogens is 226 g/mol. The summed E-state index contributed by atoms with van der Waals surface area (Å²) in [6.45, 7) is 0. The Labute approximate surface area is 99.4 Å². The molecule has 1 aromatic rings. The van der Waals surface area contributed by atoms with Gasteiger partial charge in [0.05, 0.1) is 10.6 Å². The highest BCUT2D eigenvalue weighted by Crippen LogP contribution is 2.21. The summed E-state index contributed by atoms with van der Waals surface area (Å²) in [6, 6.07) is 1.98. The molecule has 0 aromatic carbocycles. The van der Waals surface area contributed by atoms with Gasteiger partial charge >= 0.3 is 0 Å². The smallest absolute Gasteiger partial charge is 0.253 e. The van der Waals surface area contributed by atoms with Crippen molar-refractivity contribution in [1.29, 1.82) is 0 Å². The van der Waals surface area contributed by atoms with Crippen molar-refractivity contribution in [1.82, 2.24) is 10.3 Å². The van der Waals surface area contributed by atoms with E-state index >= 15 is 0 Å². The summed E-state index contributed by atoms with van der Waals surface area (Å²) in [6.07, 6.45) is 4.81. The second-order valence-electron chi connectivity index (χ2n) is 3.90. The van der Waals surface area contributed by atoms with Gasteiger partial charge in [-0.15, -0.1) is 0 Å². The molecular formula is C11H14ClN3O. The highest BCUT2D eigenvalue weighted by atomic mass is 35.5. The zero-order valence-electron chi connectivity index (χ0n) is 9.09. The molecule has 0 bridgehead atoms. The third-order valence-corrected chi connectivity index (χ3v) is 3.10. The minimum absolute atomic E-state index is 0.117. The van der Waals surface area contributed by atoms with Crippen LogP contribution in [0.3, 0.4) is 0 Å². The van der Waals surface area contributed by atoms with E-state index in [2.05, 4.69) is 15.6 Å². The van der Waals surface area contributed by atoms with Gasteiger partial charge in [-0.1, -0.05) is 11.6 Å². The van der Waals surface area contributed by atoms with Crippen molar-refractivity contribution in [3.05, 3.63) is 22.8 Å². The fourth-order valence-corrected chi connectivity index (χ4v) is 1.75. The van der Waals surface area contributed by atoms with E-state index < -0.39 is 0 Å². The van der Waals surface area contributed by atoms with Gasteiger partial charge in [-0.25, -0.2) is 4.98 Å². The summed E-state index contributed by atoms with van der Waals surface area (Å²) in [5, 5.41) is 6.21. The molecule has 1 heterocycles. The van der Waals surface area contributed by atoms with Gasteiger partial charge in [-0.3, -0.25) is 4.79 Å². The molecule has 0 saturated heterocycles. The molecule has 1 saturated carbocycles. The molecule has 1 aliphatic rings. The third-order valence-electron chi connectivity index (χ3n) is 2.80. The van der Waals surface area contributed by atoms with Gasteiger partial charge in [-0.2, -0.15) is 0 Å². The van der Waals surface area contributed by atoms with Gasteiger partial charge in [0.2, 0.25) is 0 Å². The minimum Gasteiger partial charge on any atom is -0.373 e. The van der Waals surface area contributed by atoms with Crippen LogP contribution in [0.1, 0.15) is 29.6 Å². The topological polar surface area (TPSA) is 54.0 Å². The number of nitrogens with zero attached hydrogens (tertiary/aromatic N) is 1. The van der Waals surface area contributed by atoms with Crippen molar-refractivity contribution in [2.45, 2.75) is 25.3 Å². The molecule has 2 N–H and O–H groups in total. The maximum absolute atomic E-state index is 11.9. The van der Waals surface area contributed by atoms with Gasteiger partial charge < -0.3 is 10.6 Å². The SMILES string of the molecule is CNc1cc(C(=O)NC2CCC2)c(Cl)cn1. The monoisotopic (exact) mass is 239 g/mol. The highest BCUT2D eigenvalue weighted by Gasteiger charge is 2.21. The van der Waals surface area contributed by atoms with Crippen molar-refractivity contribution < 1.29 is 4.79 Å². The van der Waals surface area contributed by atoms with Gasteiger partial charge in [-0.05, 0) is 25.3 Å². The van der Waals surface area contributed by atoms with Crippen LogP contribution in [0.5, 0.6) is 0 Å². The average molecular weight is 240 g/mol. The fraction of sp³-hybridized carbons (Fsp3) is 0.455. The Morgan fingerprint density at radius 3 is 2.88 bits per heavy atom. The Balaban J connectivity index is 2.13. The Bertz CT molecular complexity index is 404. The molecule has 1 aliphatic carbocycles. The van der Waals surface area contributed by atoms with E-state index in [9.17, 15) is 4.79 Å². The number of carbonyl (C=O) groups excluding carboxylic acids is 1. The van der Waals surface area contributed by atoms with E-state index in [1.165, 1.54) is 12.6 Å². The molecule has 1 aromatic heterocycles. The highest BCUT2D eigenvalue weighted by molar-refractivity contribution is 6.33. The number of rotatable bonds is 3. The van der Waals surface area contributed by atoms with Crippen molar-refractivity contribution in [2.24, 2.45) is 0 Å². The zero-order valence-corrected chi connectivity index (χ0v) is 9.84. The summed E-state index contributed by atoms with van der Waals surface area (Å²) in [5.41, 5.74) is 0.480. The molecule has 1 amide bonds. The van der Waals surface area contributed by atoms with Crippen LogP contribution in [0.4, 0.5) is 5.82 Å². The number of hydrogen-bond donors (Lipinski definition) is 2. The number of anilines is 1. The first-order valence-corrected chi connectivity index (χ1v) is 5.72. The summed E-state index contributed by atoms with van der Waals surface area (Å²) >= 11 is 5.94. The van der Waals surface area contributed by atoms with Gasteiger partial charge in [0, 0.05) is 19.3 Å². The Morgan fingerprint density at radius 1 is 1.56 bits per heavy atom. The van der Waals surface area contributed by atoms with E-state index in [1.807, 2.05) is 0 Å².